The fourth-order valence-corrected chi connectivity index (χ4v) is 2.72. The van der Waals surface area contributed by atoms with Gasteiger partial charge in [0.1, 0.15) is 17.5 Å². The first-order chi connectivity index (χ1) is 13.9. The number of benzene rings is 2. The van der Waals surface area contributed by atoms with Gasteiger partial charge in [-0.05, 0) is 50.1 Å². The molecule has 0 aromatic heterocycles. The van der Waals surface area contributed by atoms with Gasteiger partial charge in [0.05, 0.1) is 7.11 Å². The van der Waals surface area contributed by atoms with Crippen LogP contribution in [0.5, 0.6) is 11.5 Å². The molecule has 0 spiro atoms. The molecule has 0 aliphatic heterocycles. The van der Waals surface area contributed by atoms with Crippen molar-refractivity contribution in [2.75, 3.05) is 13.7 Å². The summed E-state index contributed by atoms with van der Waals surface area (Å²) in [5.74, 6) is 0.918. The molecule has 2 aromatic carbocycles. The number of methoxy groups -OCH3 is 1. The van der Waals surface area contributed by atoms with Crippen molar-refractivity contribution in [2.45, 2.75) is 45.8 Å². The molecule has 1 N–H and O–H groups in total. The maximum Gasteiger partial charge on any atom is 0.261 e. The topological polar surface area (TPSA) is 67.9 Å². The number of carbonyl (C=O) groups excluding carboxylic acids is 2. The Hall–Kier alpha value is -3.02. The summed E-state index contributed by atoms with van der Waals surface area (Å²) in [7, 11) is 1.60. The Morgan fingerprint density at radius 3 is 2.24 bits per heavy atom. The Balaban J connectivity index is 2.13. The number of nitrogens with one attached hydrogen (secondary N) is 1. The quantitative estimate of drug-likeness (QED) is 0.666. The standard InChI is InChI=1S/C23H30N2O4/c1-5-17(2)24-23(27)18(3)25(15-19-11-13-20(28-4)14-12-19)22(26)16-29-21-9-7-6-8-10-21/h6-14,17-18H,5,15-16H2,1-4H3,(H,24,27). The zero-order chi connectivity index (χ0) is 21.2. The minimum Gasteiger partial charge on any atom is -0.497 e. The SMILES string of the molecule is CCC(C)NC(=O)C(C)N(Cc1ccc(OC)cc1)C(=O)COc1ccccc1. The highest BCUT2D eigenvalue weighted by Crippen LogP contribution is 2.16. The summed E-state index contributed by atoms with van der Waals surface area (Å²) in [4.78, 5) is 27.1. The van der Waals surface area contributed by atoms with Crippen molar-refractivity contribution in [1.29, 1.82) is 0 Å². The molecule has 6 heteroatoms. The lowest BCUT2D eigenvalue weighted by Crippen LogP contribution is -2.50. The third kappa shape index (κ3) is 6.82. The first-order valence-electron chi connectivity index (χ1n) is 9.85. The highest BCUT2D eigenvalue weighted by Gasteiger charge is 2.27. The number of para-hydroxylation sites is 1. The number of nitrogens with zero attached hydrogens (tertiary/aromatic N) is 1. The molecule has 2 aromatic rings. The van der Waals surface area contributed by atoms with Crippen LogP contribution in [-0.2, 0) is 16.1 Å². The Bertz CT molecular complexity index is 777. The van der Waals surface area contributed by atoms with Gasteiger partial charge >= 0.3 is 0 Å². The second-order valence-corrected chi connectivity index (χ2v) is 6.97. The number of hydrogen-bond acceptors (Lipinski definition) is 4. The van der Waals surface area contributed by atoms with E-state index in [4.69, 9.17) is 9.47 Å². The van der Waals surface area contributed by atoms with Crippen LogP contribution in [0, 0.1) is 0 Å². The Morgan fingerprint density at radius 1 is 1.00 bits per heavy atom. The van der Waals surface area contributed by atoms with E-state index in [1.807, 2.05) is 56.3 Å². The summed E-state index contributed by atoms with van der Waals surface area (Å²) < 4.78 is 10.8. The first kappa shape index (κ1) is 22.3. The summed E-state index contributed by atoms with van der Waals surface area (Å²) in [6.07, 6.45) is 0.821. The maximum atomic E-state index is 12.9. The van der Waals surface area contributed by atoms with Crippen molar-refractivity contribution in [3.8, 4) is 11.5 Å². The zero-order valence-electron chi connectivity index (χ0n) is 17.6. The van der Waals surface area contributed by atoms with Crippen molar-refractivity contribution in [3.05, 3.63) is 60.2 Å². The van der Waals surface area contributed by atoms with E-state index in [9.17, 15) is 9.59 Å². The Labute approximate surface area is 172 Å². The summed E-state index contributed by atoms with van der Waals surface area (Å²) in [5, 5.41) is 2.95. The molecule has 2 amide bonds. The molecule has 2 unspecified atom stereocenters. The second-order valence-electron chi connectivity index (χ2n) is 6.97. The van der Waals surface area contributed by atoms with Crippen LogP contribution in [0.15, 0.2) is 54.6 Å². The van der Waals surface area contributed by atoms with Crippen LogP contribution in [0.1, 0.15) is 32.8 Å². The molecule has 0 aliphatic carbocycles. The average molecular weight is 399 g/mol. The highest BCUT2D eigenvalue weighted by molar-refractivity contribution is 5.88. The predicted molar refractivity (Wildman–Crippen MR) is 113 cm³/mol. The Morgan fingerprint density at radius 2 is 1.66 bits per heavy atom. The van der Waals surface area contributed by atoms with Gasteiger partial charge < -0.3 is 19.7 Å². The van der Waals surface area contributed by atoms with Crippen LogP contribution in [0.3, 0.4) is 0 Å². The van der Waals surface area contributed by atoms with E-state index in [1.165, 1.54) is 0 Å². The van der Waals surface area contributed by atoms with Gasteiger partial charge in [0.25, 0.3) is 5.91 Å². The van der Waals surface area contributed by atoms with E-state index in [0.29, 0.717) is 12.3 Å². The van der Waals surface area contributed by atoms with E-state index < -0.39 is 6.04 Å². The lowest BCUT2D eigenvalue weighted by molar-refractivity contribution is -0.142. The van der Waals surface area contributed by atoms with Gasteiger partial charge in [0, 0.05) is 12.6 Å². The van der Waals surface area contributed by atoms with Crippen LogP contribution >= 0.6 is 0 Å². The van der Waals surface area contributed by atoms with E-state index in [0.717, 1.165) is 17.7 Å². The molecular weight excluding hydrogens is 368 g/mol. The van der Waals surface area contributed by atoms with Crippen molar-refractivity contribution in [1.82, 2.24) is 10.2 Å². The second kappa shape index (κ2) is 11.1. The molecule has 0 heterocycles. The van der Waals surface area contributed by atoms with Crippen molar-refractivity contribution in [3.63, 3.8) is 0 Å². The van der Waals surface area contributed by atoms with Crippen LogP contribution in [0.4, 0.5) is 0 Å². The molecule has 2 rings (SSSR count). The molecule has 0 bridgehead atoms. The molecule has 0 saturated heterocycles. The summed E-state index contributed by atoms with van der Waals surface area (Å²) in [6, 6.07) is 16.0. The van der Waals surface area contributed by atoms with Crippen LogP contribution in [0.25, 0.3) is 0 Å². The van der Waals surface area contributed by atoms with E-state index in [1.54, 1.807) is 31.1 Å². The van der Waals surface area contributed by atoms with Gasteiger partial charge in [-0.3, -0.25) is 9.59 Å². The molecule has 156 valence electrons. The third-order valence-corrected chi connectivity index (χ3v) is 4.79. The molecule has 0 radical (unpaired) electrons. The van der Waals surface area contributed by atoms with Crippen molar-refractivity contribution >= 4 is 11.8 Å². The largest absolute Gasteiger partial charge is 0.497 e. The van der Waals surface area contributed by atoms with Crippen molar-refractivity contribution < 1.29 is 19.1 Å². The number of ether oxygens (including phenoxy) is 2. The number of carbonyl (C=O) groups is 2. The lowest BCUT2D eigenvalue weighted by Gasteiger charge is -2.29. The van der Waals surface area contributed by atoms with Gasteiger partial charge in [-0.1, -0.05) is 37.3 Å². The molecule has 29 heavy (non-hydrogen) atoms. The molecule has 0 aliphatic rings. The van der Waals surface area contributed by atoms with E-state index in [2.05, 4.69) is 5.32 Å². The van der Waals surface area contributed by atoms with Crippen LogP contribution < -0.4 is 14.8 Å². The summed E-state index contributed by atoms with van der Waals surface area (Å²) in [5.41, 5.74) is 0.905. The Kier molecular flexibility index (Phi) is 8.52. The van der Waals surface area contributed by atoms with Crippen molar-refractivity contribution in [2.24, 2.45) is 0 Å². The monoisotopic (exact) mass is 398 g/mol. The first-order valence-corrected chi connectivity index (χ1v) is 9.85. The van der Waals surface area contributed by atoms with Gasteiger partial charge in [-0.15, -0.1) is 0 Å². The van der Waals surface area contributed by atoms with Crippen LogP contribution in [0.2, 0.25) is 0 Å². The third-order valence-electron chi connectivity index (χ3n) is 4.79. The number of rotatable bonds is 10. The fourth-order valence-electron chi connectivity index (χ4n) is 2.72. The van der Waals surface area contributed by atoms with Gasteiger partial charge in [-0.25, -0.2) is 0 Å². The highest BCUT2D eigenvalue weighted by atomic mass is 16.5. The van der Waals surface area contributed by atoms with E-state index in [-0.39, 0.29) is 24.5 Å². The molecule has 0 fully saturated rings. The predicted octanol–water partition coefficient (Wildman–Crippen LogP) is 3.41. The molecule has 0 saturated carbocycles. The number of amides is 2. The summed E-state index contributed by atoms with van der Waals surface area (Å²) in [6.45, 7) is 5.85. The maximum absolute atomic E-state index is 12.9. The van der Waals surface area contributed by atoms with Gasteiger partial charge in [0.2, 0.25) is 5.91 Å². The molecule has 6 nitrogen and oxygen atoms in total. The molecule has 2 atom stereocenters. The molecular formula is C23H30N2O4. The minimum atomic E-state index is -0.627. The fraction of sp³-hybridized carbons (Fsp3) is 0.391. The minimum absolute atomic E-state index is 0.0449. The zero-order valence-corrected chi connectivity index (χ0v) is 17.6. The average Bonchev–Trinajstić information content (AvgIpc) is 2.76. The normalized spacial score (nSPS) is 12.6. The van der Waals surface area contributed by atoms with Gasteiger partial charge in [0.15, 0.2) is 6.61 Å². The van der Waals surface area contributed by atoms with Crippen LogP contribution in [-0.4, -0.2) is 42.5 Å². The smallest absolute Gasteiger partial charge is 0.261 e. The number of hydrogen-bond donors (Lipinski definition) is 1. The lowest BCUT2D eigenvalue weighted by atomic mass is 10.1. The summed E-state index contributed by atoms with van der Waals surface area (Å²) >= 11 is 0. The van der Waals surface area contributed by atoms with E-state index >= 15 is 0 Å². The van der Waals surface area contributed by atoms with Gasteiger partial charge in [-0.2, -0.15) is 0 Å².